The van der Waals surface area contributed by atoms with Gasteiger partial charge in [-0.2, -0.15) is 0 Å². The van der Waals surface area contributed by atoms with Gasteiger partial charge in [0.05, 0.1) is 0 Å². The molecule has 0 N–H and O–H groups in total. The van der Waals surface area contributed by atoms with E-state index in [9.17, 15) is 0 Å². The van der Waals surface area contributed by atoms with Gasteiger partial charge in [-0.25, -0.2) is 3.35 Å². The molecule has 1 nitrogen and oxygen atoms in total. The van der Waals surface area contributed by atoms with Crippen LogP contribution < -0.4 is 0 Å². The monoisotopic (exact) mass is 155 g/mol. The quantitative estimate of drug-likeness (QED) is 0.447. The summed E-state index contributed by atoms with van der Waals surface area (Å²) in [5, 5.41) is 0. The van der Waals surface area contributed by atoms with Crippen LogP contribution in [0.25, 0.3) is 0 Å². The summed E-state index contributed by atoms with van der Waals surface area (Å²) >= 11 is 9.39. The van der Waals surface area contributed by atoms with E-state index in [4.69, 9.17) is 25.2 Å². The zero-order valence-electron chi connectivity index (χ0n) is 4.65. The van der Waals surface area contributed by atoms with Crippen LogP contribution in [0.4, 0.5) is 5.69 Å². The fourth-order valence-electron chi connectivity index (χ4n) is 0.550. The first-order valence-electron chi connectivity index (χ1n) is 2.50. The van der Waals surface area contributed by atoms with Gasteiger partial charge in [-0.15, -0.1) is 0 Å². The van der Waals surface area contributed by atoms with E-state index >= 15 is 0 Å². The third kappa shape index (κ3) is 1.69. The molecule has 9 heavy (non-hydrogen) atoms. The topological polar surface area (TPSA) is 3.01 Å². The zero-order valence-corrected chi connectivity index (χ0v) is 6.28. The Kier molecular flexibility index (Phi) is 2.08. The lowest BCUT2D eigenvalue weighted by molar-refractivity contribution is -0.196. The largest absolute Gasteiger partial charge is 0.225 e. The first kappa shape index (κ1) is 6.58. The SMILES string of the molecule is S=[N+]([S-])c1ccccc1. The molecular weight excluding hydrogens is 150 g/mol. The lowest BCUT2D eigenvalue weighted by Gasteiger charge is -1.92. The molecule has 3 heteroatoms. The Labute approximate surface area is 65.0 Å². The second-order valence-electron chi connectivity index (χ2n) is 1.59. The Bertz CT molecular complexity index is 208. The summed E-state index contributed by atoms with van der Waals surface area (Å²) in [5.41, 5.74) is 0.877. The molecule has 0 fully saturated rings. The minimum atomic E-state index is 0.877. The highest BCUT2D eigenvalue weighted by Crippen LogP contribution is 2.06. The third-order valence-electron chi connectivity index (χ3n) is 0.967. The molecule has 0 heterocycles. The van der Waals surface area contributed by atoms with Crippen LogP contribution in [0.5, 0.6) is 0 Å². The molecule has 1 aromatic carbocycles. The van der Waals surface area contributed by atoms with E-state index in [2.05, 4.69) is 0 Å². The van der Waals surface area contributed by atoms with E-state index in [1.807, 2.05) is 30.3 Å². The number of hydrogen-bond acceptors (Lipinski definition) is 2. The Hall–Kier alpha value is -0.540. The first-order chi connectivity index (χ1) is 4.30. The molecule has 0 amide bonds. The van der Waals surface area contributed by atoms with Crippen molar-refractivity contribution in [1.29, 1.82) is 0 Å². The van der Waals surface area contributed by atoms with Gasteiger partial charge >= 0.3 is 0 Å². The maximum Gasteiger partial charge on any atom is 0.202 e. The van der Waals surface area contributed by atoms with E-state index in [0.717, 1.165) is 5.69 Å². The zero-order chi connectivity index (χ0) is 6.69. The fraction of sp³-hybridized carbons (Fsp3) is 0. The number of para-hydroxylation sites is 1. The van der Waals surface area contributed by atoms with Crippen molar-refractivity contribution in [1.82, 2.24) is 0 Å². The molecule has 1 aromatic rings. The number of benzene rings is 1. The average Bonchev–Trinajstić information content (AvgIpc) is 1.90. The molecule has 0 radical (unpaired) electrons. The summed E-state index contributed by atoms with van der Waals surface area (Å²) in [7, 11) is 0. The molecule has 0 aliphatic rings. The van der Waals surface area contributed by atoms with Crippen LogP contribution in [-0.2, 0) is 25.2 Å². The second kappa shape index (κ2) is 2.85. The van der Waals surface area contributed by atoms with E-state index < -0.39 is 0 Å². The standard InChI is InChI=1S/C6H5NS2/c8-7(9)6-4-2-1-3-5-6/h1-5H. The number of nitrogens with zero attached hydrogens (tertiary/aromatic N) is 1. The van der Waals surface area contributed by atoms with Crippen molar-refractivity contribution < 1.29 is 3.35 Å². The van der Waals surface area contributed by atoms with Crippen LogP contribution in [0.3, 0.4) is 0 Å². The molecule has 0 saturated heterocycles. The van der Waals surface area contributed by atoms with Crippen molar-refractivity contribution >= 4 is 30.9 Å². The number of rotatable bonds is 1. The van der Waals surface area contributed by atoms with Gasteiger partial charge in [0.25, 0.3) is 0 Å². The van der Waals surface area contributed by atoms with Gasteiger partial charge in [-0.3, -0.25) is 0 Å². The Balaban J connectivity index is 2.98. The number of hydrogen-bond donors (Lipinski definition) is 0. The summed E-state index contributed by atoms with van der Waals surface area (Å²) in [6.45, 7) is 0. The van der Waals surface area contributed by atoms with Crippen LogP contribution >= 0.6 is 0 Å². The maximum atomic E-state index is 4.69. The predicted molar refractivity (Wildman–Crippen MR) is 41.1 cm³/mol. The van der Waals surface area contributed by atoms with Crippen molar-refractivity contribution in [2.24, 2.45) is 0 Å². The lowest BCUT2D eigenvalue weighted by Crippen LogP contribution is -1.85. The van der Waals surface area contributed by atoms with Crippen LogP contribution in [0.2, 0.25) is 0 Å². The molecule has 0 atom stereocenters. The van der Waals surface area contributed by atoms with E-state index in [-0.39, 0.29) is 0 Å². The molecule has 0 bridgehead atoms. The van der Waals surface area contributed by atoms with E-state index in [1.165, 1.54) is 3.35 Å². The first-order valence-corrected chi connectivity index (χ1v) is 3.23. The highest BCUT2D eigenvalue weighted by molar-refractivity contribution is 7.58. The fourth-order valence-corrected chi connectivity index (χ4v) is 0.793. The Morgan fingerprint density at radius 1 is 1.22 bits per heavy atom. The third-order valence-corrected chi connectivity index (χ3v) is 1.39. The van der Waals surface area contributed by atoms with Crippen LogP contribution in [0.1, 0.15) is 0 Å². The molecule has 0 aliphatic heterocycles. The van der Waals surface area contributed by atoms with E-state index in [1.54, 1.807) is 0 Å². The summed E-state index contributed by atoms with van der Waals surface area (Å²) < 4.78 is 1.25. The van der Waals surface area contributed by atoms with Crippen molar-refractivity contribution in [2.75, 3.05) is 0 Å². The highest BCUT2D eigenvalue weighted by Gasteiger charge is 1.91. The highest BCUT2D eigenvalue weighted by atomic mass is 32.2. The average molecular weight is 155 g/mol. The van der Waals surface area contributed by atoms with Gasteiger partial charge < -0.3 is 0 Å². The molecule has 0 aliphatic carbocycles. The Morgan fingerprint density at radius 2 is 1.78 bits per heavy atom. The van der Waals surface area contributed by atoms with Crippen molar-refractivity contribution in [3.63, 3.8) is 0 Å². The van der Waals surface area contributed by atoms with E-state index in [0.29, 0.717) is 0 Å². The lowest BCUT2D eigenvalue weighted by atomic mass is 10.3. The van der Waals surface area contributed by atoms with Crippen LogP contribution in [-0.4, -0.2) is 3.35 Å². The summed E-state index contributed by atoms with van der Waals surface area (Å²) in [6, 6.07) is 9.49. The molecule has 0 unspecified atom stereocenters. The van der Waals surface area contributed by atoms with Gasteiger partial charge in [-0.1, -0.05) is 43.4 Å². The normalized spacial score (nSPS) is 8.89. The van der Waals surface area contributed by atoms with Gasteiger partial charge in [0.1, 0.15) is 0 Å². The van der Waals surface area contributed by atoms with Crippen molar-refractivity contribution in [3.05, 3.63) is 30.3 Å². The molecule has 1 rings (SSSR count). The van der Waals surface area contributed by atoms with Crippen LogP contribution in [0.15, 0.2) is 30.3 Å². The van der Waals surface area contributed by atoms with Crippen molar-refractivity contribution in [3.8, 4) is 0 Å². The Morgan fingerprint density at radius 3 is 2.11 bits per heavy atom. The van der Waals surface area contributed by atoms with Gasteiger partial charge in [0.2, 0.25) is 5.69 Å². The van der Waals surface area contributed by atoms with Crippen molar-refractivity contribution in [2.45, 2.75) is 0 Å². The molecular formula is C6H5NS2. The van der Waals surface area contributed by atoms with Gasteiger partial charge in [0, 0.05) is 12.1 Å². The minimum absolute atomic E-state index is 0.877. The molecule has 0 aromatic heterocycles. The molecule has 0 saturated carbocycles. The second-order valence-corrected chi connectivity index (χ2v) is 2.55. The molecule has 0 spiro atoms. The van der Waals surface area contributed by atoms with Gasteiger partial charge in [0.15, 0.2) is 0 Å². The smallest absolute Gasteiger partial charge is 0.202 e. The summed E-state index contributed by atoms with van der Waals surface area (Å²) in [4.78, 5) is 0. The summed E-state index contributed by atoms with van der Waals surface area (Å²) in [5.74, 6) is 0. The minimum Gasteiger partial charge on any atom is -0.225 e. The predicted octanol–water partition coefficient (Wildman–Crippen LogP) is 1.52. The molecule has 46 valence electrons. The summed E-state index contributed by atoms with van der Waals surface area (Å²) in [6.07, 6.45) is 0. The van der Waals surface area contributed by atoms with Gasteiger partial charge in [-0.05, 0) is 0 Å². The maximum absolute atomic E-state index is 4.69. The van der Waals surface area contributed by atoms with Crippen LogP contribution in [0, 0.1) is 0 Å².